The number of anilines is 1. The Morgan fingerprint density at radius 1 is 0.792 bits per heavy atom. The quantitative estimate of drug-likeness (QED) is 0.645. The van der Waals surface area contributed by atoms with E-state index in [1.807, 2.05) is 62.6 Å². The van der Waals surface area contributed by atoms with Gasteiger partial charge in [0.15, 0.2) is 0 Å². The third kappa shape index (κ3) is 2.99. The van der Waals surface area contributed by atoms with Crippen LogP contribution in [-0.4, -0.2) is 30.8 Å². The lowest BCUT2D eigenvalue weighted by Crippen LogP contribution is -2.29. The number of hydrogen-bond acceptors (Lipinski definition) is 3. The molecule has 0 bridgehead atoms. The number of imide groups is 1. The molecule has 0 aromatic heterocycles. The van der Waals surface area contributed by atoms with Crippen molar-refractivity contribution in [2.45, 2.75) is 0 Å². The van der Waals surface area contributed by atoms with Crippen molar-refractivity contribution in [1.29, 1.82) is 0 Å². The highest BCUT2D eigenvalue weighted by molar-refractivity contribution is 6.38. The van der Waals surface area contributed by atoms with Gasteiger partial charge in [0.05, 0.1) is 16.8 Å². The molecule has 1 aliphatic heterocycles. The summed E-state index contributed by atoms with van der Waals surface area (Å²) < 4.78 is 0. The maximum absolute atomic E-state index is 12.9. The van der Waals surface area contributed by atoms with Crippen molar-refractivity contribution in [3.8, 4) is 0 Å². The van der Waals surface area contributed by atoms with Crippen LogP contribution in [0.15, 0.2) is 78.0 Å². The minimum atomic E-state index is -0.304. The molecule has 4 heteroatoms. The first-order valence-corrected chi connectivity index (χ1v) is 7.67. The van der Waals surface area contributed by atoms with Gasteiger partial charge < -0.3 is 4.90 Å². The van der Waals surface area contributed by atoms with Crippen molar-refractivity contribution in [3.05, 3.63) is 83.6 Å². The van der Waals surface area contributed by atoms with Gasteiger partial charge in [0.25, 0.3) is 11.8 Å². The molecule has 120 valence electrons. The molecule has 1 saturated heterocycles. The molecule has 0 atom stereocenters. The van der Waals surface area contributed by atoms with Gasteiger partial charge in [-0.15, -0.1) is 0 Å². The van der Waals surface area contributed by atoms with Gasteiger partial charge in [-0.3, -0.25) is 9.59 Å². The minimum Gasteiger partial charge on any atom is -0.383 e. The van der Waals surface area contributed by atoms with Gasteiger partial charge >= 0.3 is 0 Å². The summed E-state index contributed by atoms with van der Waals surface area (Å²) in [5.74, 6) is -0.606. The lowest BCUT2D eigenvalue weighted by molar-refractivity contribution is -0.119. The summed E-state index contributed by atoms with van der Waals surface area (Å²) in [6.07, 6.45) is 3.45. The Labute approximate surface area is 141 Å². The Hall–Kier alpha value is -3.14. The Morgan fingerprint density at radius 2 is 1.33 bits per heavy atom. The Bertz CT molecular complexity index is 821. The molecule has 0 saturated carbocycles. The van der Waals surface area contributed by atoms with Crippen LogP contribution >= 0.6 is 0 Å². The Kier molecular flexibility index (Phi) is 4.29. The number of nitrogens with zero attached hydrogens (tertiary/aromatic N) is 2. The molecular weight excluding hydrogens is 300 g/mol. The van der Waals surface area contributed by atoms with Crippen molar-refractivity contribution in [1.82, 2.24) is 4.90 Å². The van der Waals surface area contributed by atoms with Crippen LogP contribution in [-0.2, 0) is 9.59 Å². The van der Waals surface area contributed by atoms with E-state index < -0.39 is 0 Å². The molecular formula is C20H18N2O2. The molecule has 3 rings (SSSR count). The van der Waals surface area contributed by atoms with Crippen molar-refractivity contribution in [3.63, 3.8) is 0 Å². The largest absolute Gasteiger partial charge is 0.383 e. The second-order valence-corrected chi connectivity index (χ2v) is 5.76. The lowest BCUT2D eigenvalue weighted by Gasteiger charge is -2.12. The molecule has 4 nitrogen and oxygen atoms in total. The number of para-hydroxylation sites is 1. The van der Waals surface area contributed by atoms with E-state index in [-0.39, 0.29) is 11.8 Å². The number of amides is 2. The normalized spacial score (nSPS) is 17.8. The first-order valence-electron chi connectivity index (χ1n) is 7.67. The third-order valence-electron chi connectivity index (χ3n) is 3.67. The van der Waals surface area contributed by atoms with Crippen LogP contribution in [0.4, 0.5) is 5.69 Å². The number of benzene rings is 2. The zero-order valence-electron chi connectivity index (χ0n) is 13.6. The molecule has 0 N–H and O–H groups in total. The van der Waals surface area contributed by atoms with E-state index in [1.54, 1.807) is 29.3 Å². The van der Waals surface area contributed by atoms with Crippen LogP contribution in [0.1, 0.15) is 5.56 Å². The summed E-state index contributed by atoms with van der Waals surface area (Å²) in [6, 6.07) is 18.5. The van der Waals surface area contributed by atoms with Gasteiger partial charge in [-0.2, -0.15) is 0 Å². The van der Waals surface area contributed by atoms with Gasteiger partial charge in [-0.1, -0.05) is 48.5 Å². The van der Waals surface area contributed by atoms with Gasteiger partial charge in [0.2, 0.25) is 0 Å². The predicted molar refractivity (Wildman–Crippen MR) is 95.1 cm³/mol. The summed E-state index contributed by atoms with van der Waals surface area (Å²) in [7, 11) is 3.66. The van der Waals surface area contributed by atoms with Crippen LogP contribution in [0.25, 0.3) is 6.08 Å². The lowest BCUT2D eigenvalue weighted by atomic mass is 10.1. The van der Waals surface area contributed by atoms with E-state index >= 15 is 0 Å². The topological polar surface area (TPSA) is 40.6 Å². The van der Waals surface area contributed by atoms with Crippen LogP contribution in [0.5, 0.6) is 0 Å². The molecule has 0 spiro atoms. The number of hydrogen-bond donors (Lipinski definition) is 0. The summed E-state index contributed by atoms with van der Waals surface area (Å²) in [6.45, 7) is 0. The van der Waals surface area contributed by atoms with Crippen molar-refractivity contribution in [2.75, 3.05) is 19.0 Å². The highest BCUT2D eigenvalue weighted by Gasteiger charge is 2.39. The SMILES string of the molecule is CN(C)/C=C1\C(=O)N(c2ccccc2)C(=O)\C1=C\c1ccccc1. The number of carbonyl (C=O) groups is 2. The molecule has 2 amide bonds. The monoisotopic (exact) mass is 318 g/mol. The van der Waals surface area contributed by atoms with Gasteiger partial charge in [-0.25, -0.2) is 4.90 Å². The third-order valence-corrected chi connectivity index (χ3v) is 3.67. The van der Waals surface area contributed by atoms with Crippen molar-refractivity contribution >= 4 is 23.6 Å². The highest BCUT2D eigenvalue weighted by atomic mass is 16.2. The van der Waals surface area contributed by atoms with Crippen molar-refractivity contribution < 1.29 is 9.59 Å². The second-order valence-electron chi connectivity index (χ2n) is 5.76. The molecule has 1 fully saturated rings. The van der Waals surface area contributed by atoms with Crippen molar-refractivity contribution in [2.24, 2.45) is 0 Å². The fourth-order valence-corrected chi connectivity index (χ4v) is 2.61. The molecule has 0 radical (unpaired) electrons. The minimum absolute atomic E-state index is 0.303. The standard InChI is InChI=1S/C20H18N2O2/c1-21(2)14-18-17(13-15-9-5-3-6-10-15)19(23)22(20(18)24)16-11-7-4-8-12-16/h3-14H,1-2H3/b17-13+,18-14-. The molecule has 1 heterocycles. The first-order chi connectivity index (χ1) is 11.6. The van der Waals surface area contributed by atoms with E-state index in [9.17, 15) is 9.59 Å². The summed E-state index contributed by atoms with van der Waals surface area (Å²) in [4.78, 5) is 28.7. The van der Waals surface area contributed by atoms with Gasteiger partial charge in [-0.05, 0) is 23.8 Å². The zero-order chi connectivity index (χ0) is 17.1. The molecule has 1 aliphatic rings. The average molecular weight is 318 g/mol. The molecule has 24 heavy (non-hydrogen) atoms. The van der Waals surface area contributed by atoms with Crippen LogP contribution < -0.4 is 4.90 Å². The van der Waals surface area contributed by atoms with E-state index in [0.29, 0.717) is 16.8 Å². The van der Waals surface area contributed by atoms with Crippen LogP contribution in [0, 0.1) is 0 Å². The van der Waals surface area contributed by atoms with Crippen LogP contribution in [0.2, 0.25) is 0 Å². The van der Waals surface area contributed by atoms with Crippen LogP contribution in [0.3, 0.4) is 0 Å². The Balaban J connectivity index is 2.11. The molecule has 0 aliphatic carbocycles. The maximum atomic E-state index is 12.9. The summed E-state index contributed by atoms with van der Waals surface area (Å²) >= 11 is 0. The fourth-order valence-electron chi connectivity index (χ4n) is 2.61. The van der Waals surface area contributed by atoms with Gasteiger partial charge in [0.1, 0.15) is 0 Å². The van der Waals surface area contributed by atoms with E-state index in [0.717, 1.165) is 5.56 Å². The number of carbonyl (C=O) groups excluding carboxylic acids is 2. The summed E-state index contributed by atoms with van der Waals surface area (Å²) in [5, 5.41) is 0. The average Bonchev–Trinajstić information content (AvgIpc) is 2.80. The first kappa shape index (κ1) is 15.7. The fraction of sp³-hybridized carbons (Fsp3) is 0.100. The second kappa shape index (κ2) is 6.54. The molecule has 2 aromatic carbocycles. The van der Waals surface area contributed by atoms with E-state index in [1.165, 1.54) is 4.90 Å². The number of rotatable bonds is 3. The van der Waals surface area contributed by atoms with E-state index in [2.05, 4.69) is 0 Å². The highest BCUT2D eigenvalue weighted by Crippen LogP contribution is 2.31. The smallest absolute Gasteiger partial charge is 0.267 e. The molecule has 0 unspecified atom stereocenters. The van der Waals surface area contributed by atoms with E-state index in [4.69, 9.17) is 0 Å². The molecule has 2 aromatic rings. The zero-order valence-corrected chi connectivity index (χ0v) is 13.6. The Morgan fingerprint density at radius 3 is 1.92 bits per heavy atom. The summed E-state index contributed by atoms with van der Waals surface area (Å²) in [5.41, 5.74) is 2.27. The van der Waals surface area contributed by atoms with Gasteiger partial charge in [0, 0.05) is 20.3 Å². The maximum Gasteiger partial charge on any atom is 0.267 e. The predicted octanol–water partition coefficient (Wildman–Crippen LogP) is 3.09.